The summed E-state index contributed by atoms with van der Waals surface area (Å²) in [4.78, 5) is 5.45. The van der Waals surface area contributed by atoms with Crippen molar-refractivity contribution >= 4 is 16.3 Å². The molecule has 3 aromatic rings. The molecule has 0 aliphatic heterocycles. The van der Waals surface area contributed by atoms with Gasteiger partial charge in [-0.2, -0.15) is 5.10 Å². The topological polar surface area (TPSA) is 59.7 Å². The van der Waals surface area contributed by atoms with E-state index < -0.39 is 0 Å². The summed E-state index contributed by atoms with van der Waals surface area (Å²) >= 11 is 1.56. The lowest BCUT2D eigenvalue weighted by molar-refractivity contribution is 0.275. The molecular weight excluding hydrogens is 298 g/mol. The Balaban J connectivity index is 1.96. The summed E-state index contributed by atoms with van der Waals surface area (Å²) in [6.07, 6.45) is 1.86. The standard InChI is InChI=1S/C16H19N3O2S/c1-3-9-21-12-7-5-11(6-8-12)15-13(10-20)19-16(17-15)22-14(4-2)18-19/h5-8,20H,3-4,9-10H2,1-2H3. The molecule has 0 aliphatic rings. The highest BCUT2D eigenvalue weighted by Crippen LogP contribution is 2.28. The Morgan fingerprint density at radius 1 is 1.23 bits per heavy atom. The first kappa shape index (κ1) is 15.0. The monoisotopic (exact) mass is 317 g/mol. The molecule has 0 amide bonds. The van der Waals surface area contributed by atoms with Gasteiger partial charge in [-0.05, 0) is 37.1 Å². The van der Waals surface area contributed by atoms with E-state index in [4.69, 9.17) is 4.74 Å². The van der Waals surface area contributed by atoms with Crippen LogP contribution in [-0.4, -0.2) is 26.3 Å². The van der Waals surface area contributed by atoms with Crippen LogP contribution < -0.4 is 4.74 Å². The Hall–Kier alpha value is -1.92. The molecule has 116 valence electrons. The fourth-order valence-corrected chi connectivity index (χ4v) is 3.13. The number of nitrogens with zero attached hydrogens (tertiary/aromatic N) is 3. The van der Waals surface area contributed by atoms with Gasteiger partial charge in [0.1, 0.15) is 10.8 Å². The van der Waals surface area contributed by atoms with E-state index in [0.717, 1.165) is 45.5 Å². The lowest BCUT2D eigenvalue weighted by Gasteiger charge is -2.05. The molecule has 0 aliphatic carbocycles. The Kier molecular flexibility index (Phi) is 4.40. The smallest absolute Gasteiger partial charge is 0.213 e. The van der Waals surface area contributed by atoms with Crippen molar-refractivity contribution in [3.63, 3.8) is 0 Å². The molecule has 22 heavy (non-hydrogen) atoms. The first-order valence-electron chi connectivity index (χ1n) is 7.48. The van der Waals surface area contributed by atoms with Crippen LogP contribution in [0.2, 0.25) is 0 Å². The van der Waals surface area contributed by atoms with Crippen molar-refractivity contribution < 1.29 is 9.84 Å². The molecule has 2 heterocycles. The average Bonchev–Trinajstić information content (AvgIpc) is 3.10. The van der Waals surface area contributed by atoms with Crippen molar-refractivity contribution in [3.8, 4) is 17.0 Å². The minimum atomic E-state index is -0.0858. The largest absolute Gasteiger partial charge is 0.494 e. The minimum absolute atomic E-state index is 0.0858. The second-order valence-corrected chi connectivity index (χ2v) is 6.02. The average molecular weight is 317 g/mol. The predicted molar refractivity (Wildman–Crippen MR) is 87.4 cm³/mol. The van der Waals surface area contributed by atoms with E-state index >= 15 is 0 Å². The first-order valence-corrected chi connectivity index (χ1v) is 8.29. The Bertz CT molecular complexity index is 762. The number of imidazole rings is 1. The van der Waals surface area contributed by atoms with E-state index in [1.807, 2.05) is 24.3 Å². The third kappa shape index (κ3) is 2.71. The lowest BCUT2D eigenvalue weighted by atomic mass is 10.1. The van der Waals surface area contributed by atoms with Crippen LogP contribution in [0.15, 0.2) is 24.3 Å². The zero-order valence-corrected chi connectivity index (χ0v) is 13.6. The van der Waals surface area contributed by atoms with E-state index in [0.29, 0.717) is 6.61 Å². The van der Waals surface area contributed by atoms with Gasteiger partial charge >= 0.3 is 0 Å². The number of ether oxygens (including phenoxy) is 1. The molecule has 0 atom stereocenters. The van der Waals surface area contributed by atoms with Crippen LogP contribution in [0.1, 0.15) is 31.0 Å². The molecule has 5 nitrogen and oxygen atoms in total. The van der Waals surface area contributed by atoms with Gasteiger partial charge in [-0.3, -0.25) is 0 Å². The summed E-state index contributed by atoms with van der Waals surface area (Å²) in [7, 11) is 0. The SMILES string of the molecule is CCCOc1ccc(-c2nc3sc(CC)nn3c2CO)cc1. The number of aliphatic hydroxyl groups is 1. The highest BCUT2D eigenvalue weighted by molar-refractivity contribution is 7.16. The summed E-state index contributed by atoms with van der Waals surface area (Å²) < 4.78 is 7.34. The third-order valence-electron chi connectivity index (χ3n) is 3.39. The zero-order chi connectivity index (χ0) is 15.5. The number of aliphatic hydroxyl groups excluding tert-OH is 1. The molecule has 0 saturated carbocycles. The van der Waals surface area contributed by atoms with Crippen molar-refractivity contribution in [1.29, 1.82) is 0 Å². The van der Waals surface area contributed by atoms with Crippen molar-refractivity contribution in [3.05, 3.63) is 35.0 Å². The van der Waals surface area contributed by atoms with Crippen LogP contribution in [0, 0.1) is 0 Å². The number of hydrogen-bond donors (Lipinski definition) is 1. The molecule has 0 spiro atoms. The van der Waals surface area contributed by atoms with Gasteiger partial charge in [0, 0.05) is 5.56 Å². The molecule has 1 N–H and O–H groups in total. The number of rotatable bonds is 6. The van der Waals surface area contributed by atoms with Crippen LogP contribution >= 0.6 is 11.3 Å². The Morgan fingerprint density at radius 3 is 2.64 bits per heavy atom. The highest BCUT2D eigenvalue weighted by atomic mass is 32.1. The fourth-order valence-electron chi connectivity index (χ4n) is 2.27. The molecule has 1 aromatic carbocycles. The van der Waals surface area contributed by atoms with E-state index in [1.54, 1.807) is 15.9 Å². The maximum atomic E-state index is 9.70. The lowest BCUT2D eigenvalue weighted by Crippen LogP contribution is -1.97. The van der Waals surface area contributed by atoms with Gasteiger partial charge in [0.2, 0.25) is 4.96 Å². The fraction of sp³-hybridized carbons (Fsp3) is 0.375. The first-order chi connectivity index (χ1) is 10.8. The van der Waals surface area contributed by atoms with Crippen molar-refractivity contribution in [2.24, 2.45) is 0 Å². The second-order valence-electron chi connectivity index (χ2n) is 4.98. The molecule has 3 rings (SSSR count). The van der Waals surface area contributed by atoms with Crippen molar-refractivity contribution in [2.45, 2.75) is 33.3 Å². The number of hydrogen-bond acceptors (Lipinski definition) is 5. The van der Waals surface area contributed by atoms with Gasteiger partial charge in [-0.1, -0.05) is 25.2 Å². The normalized spacial score (nSPS) is 11.2. The van der Waals surface area contributed by atoms with Gasteiger partial charge in [-0.15, -0.1) is 0 Å². The Morgan fingerprint density at radius 2 is 2.00 bits per heavy atom. The number of fused-ring (bicyclic) bond motifs is 1. The van der Waals surface area contributed by atoms with E-state index in [1.165, 1.54) is 0 Å². The van der Waals surface area contributed by atoms with E-state index in [9.17, 15) is 5.11 Å². The molecule has 6 heteroatoms. The van der Waals surface area contributed by atoms with Crippen molar-refractivity contribution in [2.75, 3.05) is 6.61 Å². The van der Waals surface area contributed by atoms with Gasteiger partial charge in [-0.25, -0.2) is 9.50 Å². The number of benzene rings is 1. The molecule has 0 saturated heterocycles. The quantitative estimate of drug-likeness (QED) is 0.758. The van der Waals surface area contributed by atoms with Gasteiger partial charge in [0.15, 0.2) is 0 Å². The summed E-state index contributed by atoms with van der Waals surface area (Å²) in [5.41, 5.74) is 2.47. The van der Waals surface area contributed by atoms with E-state index in [2.05, 4.69) is 23.9 Å². The Labute approximate surface area is 133 Å². The molecule has 0 bridgehead atoms. The van der Waals surface area contributed by atoms with Crippen molar-refractivity contribution in [1.82, 2.24) is 14.6 Å². The number of aromatic nitrogens is 3. The molecule has 0 radical (unpaired) electrons. The molecule has 0 unspecified atom stereocenters. The highest BCUT2D eigenvalue weighted by Gasteiger charge is 2.16. The summed E-state index contributed by atoms with van der Waals surface area (Å²) in [5, 5.41) is 15.2. The van der Waals surface area contributed by atoms with Crippen LogP contribution in [0.5, 0.6) is 5.75 Å². The summed E-state index contributed by atoms with van der Waals surface area (Å²) in [6, 6.07) is 7.81. The van der Waals surface area contributed by atoms with Gasteiger partial charge < -0.3 is 9.84 Å². The summed E-state index contributed by atoms with van der Waals surface area (Å²) in [6.45, 7) is 4.77. The summed E-state index contributed by atoms with van der Waals surface area (Å²) in [5.74, 6) is 0.851. The van der Waals surface area contributed by atoms with Crippen LogP contribution in [0.4, 0.5) is 0 Å². The zero-order valence-electron chi connectivity index (χ0n) is 12.7. The van der Waals surface area contributed by atoms with Gasteiger partial charge in [0.25, 0.3) is 0 Å². The third-order valence-corrected chi connectivity index (χ3v) is 4.44. The van der Waals surface area contributed by atoms with E-state index in [-0.39, 0.29) is 6.61 Å². The minimum Gasteiger partial charge on any atom is -0.494 e. The maximum absolute atomic E-state index is 9.70. The maximum Gasteiger partial charge on any atom is 0.213 e. The predicted octanol–water partition coefficient (Wildman–Crippen LogP) is 3.30. The number of aryl methyl sites for hydroxylation is 1. The second kappa shape index (κ2) is 6.46. The van der Waals surface area contributed by atoms with Gasteiger partial charge in [0.05, 0.1) is 24.6 Å². The molecule has 2 aromatic heterocycles. The molecule has 0 fully saturated rings. The van der Waals surface area contributed by atoms with Crippen LogP contribution in [0.3, 0.4) is 0 Å². The van der Waals surface area contributed by atoms with Crippen LogP contribution in [0.25, 0.3) is 16.2 Å². The van der Waals surface area contributed by atoms with Crippen LogP contribution in [-0.2, 0) is 13.0 Å². The molecular formula is C16H19N3O2S.